The lowest BCUT2D eigenvalue weighted by Gasteiger charge is -2.22. The summed E-state index contributed by atoms with van der Waals surface area (Å²) in [5, 5.41) is 4.57. The molecule has 0 amide bonds. The first-order valence-corrected chi connectivity index (χ1v) is 5.82. The fraction of sp³-hybridized carbons (Fsp3) is 1.00. The van der Waals surface area contributed by atoms with Gasteiger partial charge in [-0.15, -0.1) is 17.0 Å². The highest BCUT2D eigenvalue weighted by atomic mass is 79.9. The minimum absolute atomic E-state index is 0. The number of unbranched alkanes of at least 4 members (excludes halogenated alkanes) is 1. The van der Waals surface area contributed by atoms with Gasteiger partial charge in [-0.3, -0.25) is 0 Å². The van der Waals surface area contributed by atoms with E-state index in [1.165, 1.54) is 50.5 Å². The van der Waals surface area contributed by atoms with E-state index in [0.717, 1.165) is 5.92 Å². The van der Waals surface area contributed by atoms with Crippen LogP contribution in [-0.2, 0) is 0 Å². The molecule has 1 saturated heterocycles. The molecule has 1 nitrogen and oxygen atoms in total. The summed E-state index contributed by atoms with van der Waals surface area (Å²) >= 11 is 3.46. The molecule has 74 valence electrons. The number of piperidine rings is 1. The van der Waals surface area contributed by atoms with Crippen LogP contribution in [0.3, 0.4) is 0 Å². The molecule has 3 heteroatoms. The van der Waals surface area contributed by atoms with E-state index in [0.29, 0.717) is 0 Å². The van der Waals surface area contributed by atoms with E-state index in [9.17, 15) is 0 Å². The fourth-order valence-corrected chi connectivity index (χ4v) is 2.09. The Bertz CT molecular complexity index is 92.5. The summed E-state index contributed by atoms with van der Waals surface area (Å²) in [7, 11) is 0. The normalized spacial score (nSPS) is 18.8. The Morgan fingerprint density at radius 2 is 1.83 bits per heavy atom. The topological polar surface area (TPSA) is 12.0 Å². The van der Waals surface area contributed by atoms with Gasteiger partial charge >= 0.3 is 0 Å². The lowest BCUT2D eigenvalue weighted by atomic mass is 9.93. The van der Waals surface area contributed by atoms with Gasteiger partial charge in [0, 0.05) is 5.33 Å². The van der Waals surface area contributed by atoms with Gasteiger partial charge < -0.3 is 5.32 Å². The lowest BCUT2D eigenvalue weighted by molar-refractivity contribution is 0.346. The molecule has 1 aliphatic rings. The molecule has 1 aliphatic heterocycles. The number of nitrogens with one attached hydrogen (secondary N) is 1. The first-order valence-electron chi connectivity index (χ1n) is 4.70. The van der Waals surface area contributed by atoms with Gasteiger partial charge in [-0.25, -0.2) is 0 Å². The number of hydrogen-bond donors (Lipinski definition) is 1. The van der Waals surface area contributed by atoms with Crippen LogP contribution in [0.25, 0.3) is 0 Å². The van der Waals surface area contributed by atoms with Crippen molar-refractivity contribution in [1.82, 2.24) is 5.32 Å². The minimum Gasteiger partial charge on any atom is -0.317 e. The Balaban J connectivity index is 0.00000121. The highest BCUT2D eigenvalue weighted by Gasteiger charge is 2.11. The maximum Gasteiger partial charge on any atom is 0.00313 e. The Morgan fingerprint density at radius 1 is 1.17 bits per heavy atom. The van der Waals surface area contributed by atoms with Crippen LogP contribution in [0, 0.1) is 5.92 Å². The molecule has 0 aromatic heterocycles. The summed E-state index contributed by atoms with van der Waals surface area (Å²) in [6, 6.07) is 0. The lowest BCUT2D eigenvalue weighted by Crippen LogP contribution is -2.27. The zero-order chi connectivity index (χ0) is 7.94. The van der Waals surface area contributed by atoms with Crippen LogP contribution in [-0.4, -0.2) is 18.4 Å². The summed E-state index contributed by atoms with van der Waals surface area (Å²) in [4.78, 5) is 0. The van der Waals surface area contributed by atoms with Gasteiger partial charge in [0.15, 0.2) is 0 Å². The smallest absolute Gasteiger partial charge is 0.00313 e. The summed E-state index contributed by atoms with van der Waals surface area (Å²) in [6.45, 7) is 2.50. The van der Waals surface area contributed by atoms with Crippen molar-refractivity contribution in [3.63, 3.8) is 0 Å². The minimum atomic E-state index is 0. The van der Waals surface area contributed by atoms with Crippen LogP contribution < -0.4 is 5.32 Å². The van der Waals surface area contributed by atoms with Crippen molar-refractivity contribution in [2.45, 2.75) is 32.1 Å². The average Bonchev–Trinajstić information content (AvgIpc) is 2.07. The maximum absolute atomic E-state index is 3.46. The zero-order valence-corrected chi connectivity index (χ0v) is 10.8. The predicted octanol–water partition coefficient (Wildman–Crippen LogP) is 3.13. The molecule has 0 unspecified atom stereocenters. The largest absolute Gasteiger partial charge is 0.317 e. The van der Waals surface area contributed by atoms with Crippen molar-refractivity contribution in [2.75, 3.05) is 18.4 Å². The van der Waals surface area contributed by atoms with Gasteiger partial charge in [0.25, 0.3) is 0 Å². The van der Waals surface area contributed by atoms with Crippen molar-refractivity contribution in [1.29, 1.82) is 0 Å². The second kappa shape index (κ2) is 8.52. The molecule has 0 bridgehead atoms. The zero-order valence-electron chi connectivity index (χ0n) is 7.52. The molecule has 0 atom stereocenters. The van der Waals surface area contributed by atoms with E-state index in [2.05, 4.69) is 21.2 Å². The van der Waals surface area contributed by atoms with Crippen molar-refractivity contribution >= 4 is 32.9 Å². The summed E-state index contributed by atoms with van der Waals surface area (Å²) in [5.74, 6) is 1.02. The molecule has 1 heterocycles. The van der Waals surface area contributed by atoms with Crippen LogP contribution in [0.4, 0.5) is 0 Å². The highest BCUT2D eigenvalue weighted by Crippen LogP contribution is 2.18. The van der Waals surface area contributed by atoms with E-state index in [-0.39, 0.29) is 17.0 Å². The molecule has 1 N–H and O–H groups in total. The number of halogens is 2. The van der Waals surface area contributed by atoms with E-state index in [1.54, 1.807) is 0 Å². The maximum atomic E-state index is 3.46. The first kappa shape index (κ1) is 12.9. The van der Waals surface area contributed by atoms with Gasteiger partial charge in [0.2, 0.25) is 0 Å². The molecule has 1 fully saturated rings. The molecule has 0 aromatic carbocycles. The molecule has 0 spiro atoms. The third-order valence-electron chi connectivity index (χ3n) is 2.45. The van der Waals surface area contributed by atoms with Gasteiger partial charge in [0.05, 0.1) is 0 Å². The SMILES string of the molecule is Br.BrCCCCC1CCNCC1. The Hall–Kier alpha value is 0.920. The number of alkyl halides is 1. The molecule has 0 aliphatic carbocycles. The first-order chi connectivity index (χ1) is 5.43. The van der Waals surface area contributed by atoms with Gasteiger partial charge in [0.1, 0.15) is 0 Å². The highest BCUT2D eigenvalue weighted by molar-refractivity contribution is 9.09. The Kier molecular flexibility index (Phi) is 9.17. The number of hydrogen-bond acceptors (Lipinski definition) is 1. The fourth-order valence-electron chi connectivity index (χ4n) is 1.70. The van der Waals surface area contributed by atoms with Gasteiger partial charge in [-0.05, 0) is 38.3 Å². The van der Waals surface area contributed by atoms with Crippen LogP contribution in [0.2, 0.25) is 0 Å². The molecular weight excluding hydrogens is 282 g/mol. The molecular formula is C9H19Br2N. The summed E-state index contributed by atoms with van der Waals surface area (Å²) in [6.07, 6.45) is 7.03. The third kappa shape index (κ3) is 5.55. The van der Waals surface area contributed by atoms with Crippen LogP contribution in [0.5, 0.6) is 0 Å². The summed E-state index contributed by atoms with van der Waals surface area (Å²) < 4.78 is 0. The van der Waals surface area contributed by atoms with Crippen molar-refractivity contribution in [3.05, 3.63) is 0 Å². The van der Waals surface area contributed by atoms with E-state index >= 15 is 0 Å². The molecule has 12 heavy (non-hydrogen) atoms. The average molecular weight is 301 g/mol. The molecule has 0 saturated carbocycles. The van der Waals surface area contributed by atoms with Crippen molar-refractivity contribution < 1.29 is 0 Å². The Labute approximate surface area is 94.6 Å². The second-order valence-corrected chi connectivity index (χ2v) is 4.17. The summed E-state index contributed by atoms with van der Waals surface area (Å²) in [5.41, 5.74) is 0. The predicted molar refractivity (Wildman–Crippen MR) is 63.6 cm³/mol. The molecule has 0 radical (unpaired) electrons. The van der Waals surface area contributed by atoms with Crippen molar-refractivity contribution in [2.24, 2.45) is 5.92 Å². The van der Waals surface area contributed by atoms with Gasteiger partial charge in [-0.2, -0.15) is 0 Å². The van der Waals surface area contributed by atoms with Gasteiger partial charge in [-0.1, -0.05) is 28.8 Å². The van der Waals surface area contributed by atoms with E-state index in [1.807, 2.05) is 0 Å². The van der Waals surface area contributed by atoms with Crippen LogP contribution in [0.1, 0.15) is 32.1 Å². The van der Waals surface area contributed by atoms with E-state index < -0.39 is 0 Å². The number of rotatable bonds is 4. The van der Waals surface area contributed by atoms with E-state index in [4.69, 9.17) is 0 Å². The standard InChI is InChI=1S/C9H18BrN.BrH/c10-6-2-1-3-9-4-7-11-8-5-9;/h9,11H,1-8H2;1H. The monoisotopic (exact) mass is 299 g/mol. The molecule has 0 aromatic rings. The second-order valence-electron chi connectivity index (χ2n) is 3.38. The van der Waals surface area contributed by atoms with Crippen molar-refractivity contribution in [3.8, 4) is 0 Å². The molecule has 1 rings (SSSR count). The third-order valence-corrected chi connectivity index (χ3v) is 3.02. The quantitative estimate of drug-likeness (QED) is 0.621. The van der Waals surface area contributed by atoms with Crippen LogP contribution in [0.15, 0.2) is 0 Å². The Morgan fingerprint density at radius 3 is 2.42 bits per heavy atom. The van der Waals surface area contributed by atoms with Crippen LogP contribution >= 0.6 is 32.9 Å².